The van der Waals surface area contributed by atoms with E-state index < -0.39 is 11.9 Å². The Hall–Kier alpha value is -1.31. The predicted octanol–water partition coefficient (Wildman–Crippen LogP) is 2.99. The van der Waals surface area contributed by atoms with E-state index in [1.807, 2.05) is 0 Å². The van der Waals surface area contributed by atoms with Gasteiger partial charge in [-0.3, -0.25) is 4.79 Å². The summed E-state index contributed by atoms with van der Waals surface area (Å²) in [6, 6.07) is 2.13. The van der Waals surface area contributed by atoms with E-state index in [0.29, 0.717) is 5.03 Å². The highest BCUT2D eigenvalue weighted by atomic mass is 32.2. The summed E-state index contributed by atoms with van der Waals surface area (Å²) in [5.74, 6) is 0.00129. The molecule has 1 atom stereocenters. The molecule has 0 aliphatic carbocycles. The first-order chi connectivity index (χ1) is 9.88. The third-order valence-electron chi connectivity index (χ3n) is 3.24. The molecule has 2 heterocycles. The first kappa shape index (κ1) is 16.1. The monoisotopic (exact) mass is 319 g/mol. The number of halogens is 3. The topological polar surface area (TPSA) is 46.1 Å². The second kappa shape index (κ2) is 6.64. The van der Waals surface area contributed by atoms with Crippen LogP contribution in [-0.4, -0.2) is 39.3 Å². The van der Waals surface area contributed by atoms with Crippen molar-refractivity contribution in [3.63, 3.8) is 0 Å². The van der Waals surface area contributed by atoms with Crippen LogP contribution in [0.3, 0.4) is 0 Å². The maximum Gasteiger partial charge on any atom is 0.435 e. The molecule has 0 saturated carbocycles. The number of piperidine rings is 1. The molecule has 0 aromatic carbocycles. The Morgan fingerprint density at radius 2 is 1.90 bits per heavy atom. The highest BCUT2D eigenvalue weighted by molar-refractivity contribution is 8.00. The fraction of sp³-hybridized carbons (Fsp3) is 0.615. The lowest BCUT2D eigenvalue weighted by Gasteiger charge is -2.28. The van der Waals surface area contributed by atoms with Gasteiger partial charge in [0.15, 0.2) is 5.69 Å². The minimum atomic E-state index is -4.49. The number of hydrogen-bond acceptors (Lipinski definition) is 4. The summed E-state index contributed by atoms with van der Waals surface area (Å²) in [4.78, 5) is 14.0. The molecule has 0 spiro atoms. The molecule has 0 N–H and O–H groups in total. The summed E-state index contributed by atoms with van der Waals surface area (Å²) in [7, 11) is 0. The van der Waals surface area contributed by atoms with Crippen LogP contribution < -0.4 is 0 Å². The summed E-state index contributed by atoms with van der Waals surface area (Å²) < 4.78 is 37.1. The van der Waals surface area contributed by atoms with Crippen molar-refractivity contribution in [2.45, 2.75) is 42.6 Å². The van der Waals surface area contributed by atoms with Gasteiger partial charge in [0.2, 0.25) is 5.91 Å². The zero-order valence-corrected chi connectivity index (χ0v) is 12.4. The second-order valence-corrected chi connectivity index (χ2v) is 6.26. The van der Waals surface area contributed by atoms with Gasteiger partial charge in [0.1, 0.15) is 5.03 Å². The zero-order chi connectivity index (χ0) is 15.5. The van der Waals surface area contributed by atoms with Crippen molar-refractivity contribution in [3.05, 3.63) is 17.8 Å². The van der Waals surface area contributed by atoms with Crippen molar-refractivity contribution in [1.29, 1.82) is 0 Å². The van der Waals surface area contributed by atoms with Crippen LogP contribution >= 0.6 is 11.8 Å². The number of rotatable bonds is 3. The van der Waals surface area contributed by atoms with E-state index in [4.69, 9.17) is 0 Å². The number of amides is 1. The number of carbonyl (C=O) groups excluding carboxylic acids is 1. The van der Waals surface area contributed by atoms with Crippen molar-refractivity contribution in [2.24, 2.45) is 0 Å². The molecule has 4 nitrogen and oxygen atoms in total. The molecule has 1 fully saturated rings. The molecule has 8 heteroatoms. The highest BCUT2D eigenvalue weighted by Crippen LogP contribution is 2.29. The number of alkyl halides is 3. The largest absolute Gasteiger partial charge is 0.435 e. The fourth-order valence-corrected chi connectivity index (χ4v) is 2.98. The molecule has 1 saturated heterocycles. The molecule has 2 rings (SSSR count). The molecular weight excluding hydrogens is 303 g/mol. The van der Waals surface area contributed by atoms with Gasteiger partial charge in [-0.1, -0.05) is 11.8 Å². The lowest BCUT2D eigenvalue weighted by Crippen LogP contribution is -2.40. The maximum atomic E-state index is 12.4. The minimum Gasteiger partial charge on any atom is -0.342 e. The van der Waals surface area contributed by atoms with Crippen molar-refractivity contribution < 1.29 is 18.0 Å². The van der Waals surface area contributed by atoms with Gasteiger partial charge < -0.3 is 4.90 Å². The number of carbonyl (C=O) groups is 1. The van der Waals surface area contributed by atoms with Crippen LogP contribution in [0.15, 0.2) is 17.2 Å². The van der Waals surface area contributed by atoms with Crippen molar-refractivity contribution in [1.82, 2.24) is 15.1 Å². The van der Waals surface area contributed by atoms with Crippen LogP contribution in [0.25, 0.3) is 0 Å². The Morgan fingerprint density at radius 3 is 2.43 bits per heavy atom. The first-order valence-corrected chi connectivity index (χ1v) is 7.62. The van der Waals surface area contributed by atoms with Crippen LogP contribution in [0.2, 0.25) is 0 Å². The van der Waals surface area contributed by atoms with E-state index in [0.717, 1.165) is 50.2 Å². The number of likely N-dealkylation sites (tertiary alicyclic amines) is 1. The van der Waals surface area contributed by atoms with E-state index in [2.05, 4.69) is 10.2 Å². The quantitative estimate of drug-likeness (QED) is 0.804. The van der Waals surface area contributed by atoms with Crippen molar-refractivity contribution in [2.75, 3.05) is 13.1 Å². The zero-order valence-electron chi connectivity index (χ0n) is 11.6. The Kier molecular flexibility index (Phi) is 5.08. The molecule has 0 bridgehead atoms. The number of hydrogen-bond donors (Lipinski definition) is 0. The molecular formula is C13H16F3N3OS. The van der Waals surface area contributed by atoms with E-state index >= 15 is 0 Å². The van der Waals surface area contributed by atoms with Crippen molar-refractivity contribution in [3.8, 4) is 0 Å². The third-order valence-corrected chi connectivity index (χ3v) is 4.26. The van der Waals surface area contributed by atoms with Gasteiger partial charge in [-0.15, -0.1) is 10.2 Å². The molecule has 0 unspecified atom stereocenters. The lowest BCUT2D eigenvalue weighted by atomic mass is 10.1. The van der Waals surface area contributed by atoms with Gasteiger partial charge in [0.05, 0.1) is 5.25 Å². The van der Waals surface area contributed by atoms with Crippen LogP contribution in [0, 0.1) is 0 Å². The Bertz CT molecular complexity index is 486. The fourth-order valence-electron chi connectivity index (χ4n) is 2.14. The van der Waals surface area contributed by atoms with Crippen LogP contribution in [-0.2, 0) is 11.0 Å². The molecule has 21 heavy (non-hydrogen) atoms. The van der Waals surface area contributed by atoms with Crippen LogP contribution in [0.4, 0.5) is 13.2 Å². The van der Waals surface area contributed by atoms with Crippen LogP contribution in [0.1, 0.15) is 31.9 Å². The van der Waals surface area contributed by atoms with Gasteiger partial charge in [-0.2, -0.15) is 13.2 Å². The predicted molar refractivity (Wildman–Crippen MR) is 72.8 cm³/mol. The average molecular weight is 319 g/mol. The highest BCUT2D eigenvalue weighted by Gasteiger charge is 2.33. The van der Waals surface area contributed by atoms with Gasteiger partial charge in [-0.25, -0.2) is 0 Å². The summed E-state index contributed by atoms with van der Waals surface area (Å²) in [5, 5.41) is 6.63. The van der Waals surface area contributed by atoms with Gasteiger partial charge in [0, 0.05) is 13.1 Å². The summed E-state index contributed by atoms with van der Waals surface area (Å²) >= 11 is 1.13. The number of aromatic nitrogens is 2. The minimum absolute atomic E-state index is 0.00129. The molecule has 1 aliphatic heterocycles. The summed E-state index contributed by atoms with van der Waals surface area (Å²) in [6.45, 7) is 3.24. The standard InChI is InChI=1S/C13H16F3N3OS/c1-9(12(20)19-7-3-2-4-8-19)21-11-6-5-10(17-18-11)13(14,15)16/h5-6,9H,2-4,7-8H2,1H3/t9-/m1/s1. The summed E-state index contributed by atoms with van der Waals surface area (Å²) in [5.41, 5.74) is -1.03. The Balaban J connectivity index is 1.95. The van der Waals surface area contributed by atoms with Crippen LogP contribution in [0.5, 0.6) is 0 Å². The molecule has 1 amide bonds. The normalized spacial score (nSPS) is 17.6. The van der Waals surface area contributed by atoms with Gasteiger partial charge >= 0.3 is 6.18 Å². The third kappa shape index (κ3) is 4.33. The second-order valence-electron chi connectivity index (χ2n) is 4.90. The van der Waals surface area contributed by atoms with Gasteiger partial charge in [0.25, 0.3) is 0 Å². The van der Waals surface area contributed by atoms with E-state index in [9.17, 15) is 18.0 Å². The molecule has 1 aromatic heterocycles. The Labute approximate surface area is 125 Å². The van der Waals surface area contributed by atoms with E-state index in [1.54, 1.807) is 11.8 Å². The average Bonchev–Trinajstić information content (AvgIpc) is 2.47. The smallest absolute Gasteiger partial charge is 0.342 e. The van der Waals surface area contributed by atoms with Crippen molar-refractivity contribution >= 4 is 17.7 Å². The van der Waals surface area contributed by atoms with Gasteiger partial charge in [-0.05, 0) is 38.3 Å². The SMILES string of the molecule is C[C@@H](Sc1ccc(C(F)(F)F)nn1)C(=O)N1CCCCC1. The maximum absolute atomic E-state index is 12.4. The number of thioether (sulfide) groups is 1. The summed E-state index contributed by atoms with van der Waals surface area (Å²) in [6.07, 6.45) is -1.35. The van der Waals surface area contributed by atoms with E-state index in [-0.39, 0.29) is 11.2 Å². The Morgan fingerprint density at radius 1 is 1.24 bits per heavy atom. The first-order valence-electron chi connectivity index (χ1n) is 6.74. The molecule has 1 aromatic rings. The number of nitrogens with zero attached hydrogens (tertiary/aromatic N) is 3. The van der Waals surface area contributed by atoms with E-state index in [1.165, 1.54) is 6.07 Å². The lowest BCUT2D eigenvalue weighted by molar-refractivity contribution is -0.141. The molecule has 1 aliphatic rings. The molecule has 0 radical (unpaired) electrons. The molecule has 116 valence electrons.